The maximum Gasteiger partial charge on any atom is 0.133 e. The van der Waals surface area contributed by atoms with Gasteiger partial charge in [-0.25, -0.2) is 0 Å². The molecule has 4 rings (SSSR count). The molecular formula is C27H46O3. The molecule has 0 radical (unpaired) electrons. The SMILES string of the molecule is CC(C)CC(=O)C[C@@H](C)[C@H]1CC[C@H]2[C@@H]3CC[C@H]4[C@@H](O)[C@@H](O)CC[C@]4(C)[C@H]3CC[C@]12C. The van der Waals surface area contributed by atoms with Crippen LogP contribution in [0.3, 0.4) is 0 Å². The molecule has 0 saturated heterocycles. The fourth-order valence-electron chi connectivity index (χ4n) is 9.33. The van der Waals surface area contributed by atoms with E-state index in [0.717, 1.165) is 43.9 Å². The Morgan fingerprint density at radius 3 is 2.17 bits per heavy atom. The smallest absolute Gasteiger partial charge is 0.133 e. The van der Waals surface area contributed by atoms with Crippen LogP contribution in [0.2, 0.25) is 0 Å². The first-order chi connectivity index (χ1) is 14.1. The van der Waals surface area contributed by atoms with Crippen molar-refractivity contribution in [3.05, 3.63) is 0 Å². The Morgan fingerprint density at radius 2 is 1.47 bits per heavy atom. The number of hydrogen-bond donors (Lipinski definition) is 2. The fraction of sp³-hybridized carbons (Fsp3) is 0.963. The van der Waals surface area contributed by atoms with E-state index in [0.29, 0.717) is 34.9 Å². The van der Waals surface area contributed by atoms with E-state index in [-0.39, 0.29) is 11.3 Å². The van der Waals surface area contributed by atoms with E-state index in [9.17, 15) is 15.0 Å². The quantitative estimate of drug-likeness (QED) is 0.609. The summed E-state index contributed by atoms with van der Waals surface area (Å²) < 4.78 is 0. The molecule has 0 aromatic heterocycles. The van der Waals surface area contributed by atoms with Crippen molar-refractivity contribution in [1.82, 2.24) is 0 Å². The van der Waals surface area contributed by atoms with Gasteiger partial charge in [0.15, 0.2) is 0 Å². The second-order valence-corrected chi connectivity index (χ2v) is 12.7. The topological polar surface area (TPSA) is 57.5 Å². The Bertz CT molecular complexity index is 644. The van der Waals surface area contributed by atoms with Crippen LogP contribution in [0, 0.1) is 52.3 Å². The molecule has 2 N–H and O–H groups in total. The van der Waals surface area contributed by atoms with E-state index in [1.54, 1.807) is 0 Å². The molecule has 4 fully saturated rings. The van der Waals surface area contributed by atoms with Crippen molar-refractivity contribution in [3.63, 3.8) is 0 Å². The molecule has 4 aliphatic rings. The van der Waals surface area contributed by atoms with Crippen LogP contribution in [0.15, 0.2) is 0 Å². The number of rotatable bonds is 5. The van der Waals surface area contributed by atoms with Gasteiger partial charge in [0.05, 0.1) is 12.2 Å². The van der Waals surface area contributed by atoms with Gasteiger partial charge in [0.25, 0.3) is 0 Å². The van der Waals surface area contributed by atoms with Gasteiger partial charge in [0.1, 0.15) is 5.78 Å². The third-order valence-corrected chi connectivity index (χ3v) is 10.7. The van der Waals surface area contributed by atoms with Crippen LogP contribution in [-0.4, -0.2) is 28.2 Å². The van der Waals surface area contributed by atoms with Crippen molar-refractivity contribution in [3.8, 4) is 0 Å². The highest BCUT2D eigenvalue weighted by atomic mass is 16.3. The zero-order chi connectivity index (χ0) is 21.8. The monoisotopic (exact) mass is 418 g/mol. The average molecular weight is 419 g/mol. The summed E-state index contributed by atoms with van der Waals surface area (Å²) >= 11 is 0. The standard InChI is InChI=1S/C27H46O3/c1-16(2)14-18(28)15-17(3)20-8-9-21-19-6-7-23-25(30)24(29)11-13-27(23,5)22(19)10-12-26(20,21)4/h16-17,19-25,29-30H,6-15H2,1-5H3/t17-,19+,20-,21+,22+,23+,24+,25-,26-,27-/m1/s1. The summed E-state index contributed by atoms with van der Waals surface area (Å²) in [4.78, 5) is 12.5. The first-order valence-electron chi connectivity index (χ1n) is 13.0. The summed E-state index contributed by atoms with van der Waals surface area (Å²) in [6, 6.07) is 0. The molecule has 0 aliphatic heterocycles. The second-order valence-electron chi connectivity index (χ2n) is 12.7. The molecule has 0 heterocycles. The molecule has 0 amide bonds. The molecule has 172 valence electrons. The molecule has 0 aromatic carbocycles. The predicted molar refractivity (Wildman–Crippen MR) is 121 cm³/mol. The van der Waals surface area contributed by atoms with E-state index >= 15 is 0 Å². The van der Waals surface area contributed by atoms with E-state index in [2.05, 4.69) is 34.6 Å². The Morgan fingerprint density at radius 1 is 0.833 bits per heavy atom. The molecular weight excluding hydrogens is 372 g/mol. The van der Waals surface area contributed by atoms with Gasteiger partial charge in [0, 0.05) is 12.8 Å². The lowest BCUT2D eigenvalue weighted by Crippen LogP contribution is -2.58. The highest BCUT2D eigenvalue weighted by molar-refractivity contribution is 5.78. The van der Waals surface area contributed by atoms with Crippen LogP contribution in [0.4, 0.5) is 0 Å². The minimum Gasteiger partial charge on any atom is -0.390 e. The minimum absolute atomic E-state index is 0.194. The van der Waals surface area contributed by atoms with Crippen molar-refractivity contribution in [2.45, 2.75) is 111 Å². The van der Waals surface area contributed by atoms with Crippen LogP contribution in [0.1, 0.15) is 98.8 Å². The highest BCUT2D eigenvalue weighted by Gasteiger charge is 2.61. The number of ketones is 1. The number of carbonyl (C=O) groups is 1. The maximum absolute atomic E-state index is 12.5. The molecule has 3 nitrogen and oxygen atoms in total. The van der Waals surface area contributed by atoms with Crippen LogP contribution in [-0.2, 0) is 4.79 Å². The Balaban J connectivity index is 1.49. The summed E-state index contributed by atoms with van der Waals surface area (Å²) in [5.74, 6) is 4.64. The molecule has 0 aromatic rings. The first kappa shape index (κ1) is 22.8. The van der Waals surface area contributed by atoms with Crippen molar-refractivity contribution >= 4 is 5.78 Å². The van der Waals surface area contributed by atoms with Gasteiger partial charge in [-0.3, -0.25) is 4.79 Å². The largest absolute Gasteiger partial charge is 0.390 e. The number of Topliss-reactive ketones (excluding diaryl/α,β-unsaturated/α-hetero) is 1. The third-order valence-electron chi connectivity index (χ3n) is 10.7. The minimum atomic E-state index is -0.527. The van der Waals surface area contributed by atoms with Crippen LogP contribution >= 0.6 is 0 Å². The fourth-order valence-corrected chi connectivity index (χ4v) is 9.33. The van der Waals surface area contributed by atoms with Gasteiger partial charge < -0.3 is 10.2 Å². The van der Waals surface area contributed by atoms with Crippen molar-refractivity contribution in [2.75, 3.05) is 0 Å². The number of hydrogen-bond acceptors (Lipinski definition) is 3. The van der Waals surface area contributed by atoms with E-state index in [4.69, 9.17) is 0 Å². The molecule has 10 atom stereocenters. The van der Waals surface area contributed by atoms with Crippen LogP contribution < -0.4 is 0 Å². The lowest BCUT2D eigenvalue weighted by atomic mass is 9.44. The normalized spacial score (nSPS) is 49.3. The van der Waals surface area contributed by atoms with E-state index < -0.39 is 12.2 Å². The summed E-state index contributed by atoms with van der Waals surface area (Å²) in [7, 11) is 0. The second kappa shape index (κ2) is 8.18. The van der Waals surface area contributed by atoms with E-state index in [1.165, 1.54) is 32.1 Å². The first-order valence-corrected chi connectivity index (χ1v) is 13.0. The molecule has 0 bridgehead atoms. The predicted octanol–water partition coefficient (Wildman–Crippen LogP) is 5.62. The number of fused-ring (bicyclic) bond motifs is 5. The van der Waals surface area contributed by atoms with Gasteiger partial charge in [-0.1, -0.05) is 34.6 Å². The molecule has 4 saturated carbocycles. The highest BCUT2D eigenvalue weighted by Crippen LogP contribution is 2.68. The lowest BCUT2D eigenvalue weighted by molar-refractivity contribution is -0.174. The number of carbonyl (C=O) groups excluding carboxylic acids is 1. The van der Waals surface area contributed by atoms with Gasteiger partial charge >= 0.3 is 0 Å². The third kappa shape index (κ3) is 3.60. The molecule has 4 aliphatic carbocycles. The summed E-state index contributed by atoms with van der Waals surface area (Å²) in [6.07, 6.45) is 9.77. The van der Waals surface area contributed by atoms with Crippen molar-refractivity contribution in [2.24, 2.45) is 52.3 Å². The lowest BCUT2D eigenvalue weighted by Gasteiger charge is -2.62. The van der Waals surface area contributed by atoms with Crippen LogP contribution in [0.5, 0.6) is 0 Å². The maximum atomic E-state index is 12.5. The van der Waals surface area contributed by atoms with Crippen LogP contribution in [0.25, 0.3) is 0 Å². The molecule has 0 unspecified atom stereocenters. The Hall–Kier alpha value is -0.410. The molecule has 0 spiro atoms. The summed E-state index contributed by atoms with van der Waals surface area (Å²) in [5.41, 5.74) is 0.578. The Labute approximate surface area is 184 Å². The summed E-state index contributed by atoms with van der Waals surface area (Å²) in [6.45, 7) is 11.6. The summed E-state index contributed by atoms with van der Waals surface area (Å²) in [5, 5.41) is 21.0. The number of aliphatic hydroxyl groups excluding tert-OH is 2. The molecule has 3 heteroatoms. The Kier molecular flexibility index (Phi) is 6.21. The zero-order valence-corrected chi connectivity index (χ0v) is 20.1. The number of aliphatic hydroxyl groups is 2. The average Bonchev–Trinajstić information content (AvgIpc) is 3.01. The van der Waals surface area contributed by atoms with Gasteiger partial charge in [-0.2, -0.15) is 0 Å². The molecule has 30 heavy (non-hydrogen) atoms. The van der Waals surface area contributed by atoms with E-state index in [1.807, 2.05) is 0 Å². The van der Waals surface area contributed by atoms with Crippen molar-refractivity contribution < 1.29 is 15.0 Å². The zero-order valence-electron chi connectivity index (χ0n) is 20.1. The van der Waals surface area contributed by atoms with Gasteiger partial charge in [-0.05, 0) is 104 Å². The van der Waals surface area contributed by atoms with Gasteiger partial charge in [0.2, 0.25) is 0 Å². The van der Waals surface area contributed by atoms with Gasteiger partial charge in [-0.15, -0.1) is 0 Å². The van der Waals surface area contributed by atoms with Crippen molar-refractivity contribution in [1.29, 1.82) is 0 Å².